The van der Waals surface area contributed by atoms with Gasteiger partial charge in [-0.2, -0.15) is 0 Å². The Hall–Kier alpha value is -3.07. The van der Waals surface area contributed by atoms with Gasteiger partial charge in [0.1, 0.15) is 5.75 Å². The van der Waals surface area contributed by atoms with E-state index in [-0.39, 0.29) is 23.6 Å². The van der Waals surface area contributed by atoms with Gasteiger partial charge in [-0.3, -0.25) is 4.79 Å². The van der Waals surface area contributed by atoms with Crippen molar-refractivity contribution in [2.45, 2.75) is 25.3 Å². The fourth-order valence-corrected chi connectivity index (χ4v) is 3.97. The third-order valence-corrected chi connectivity index (χ3v) is 5.28. The minimum absolute atomic E-state index is 0.0252. The Balaban J connectivity index is 1.54. The molecule has 0 saturated carbocycles. The van der Waals surface area contributed by atoms with Gasteiger partial charge in [-0.1, -0.05) is 60.7 Å². The molecule has 136 valence electrons. The van der Waals surface area contributed by atoms with Crippen LogP contribution in [0.3, 0.4) is 0 Å². The van der Waals surface area contributed by atoms with Gasteiger partial charge in [-0.05, 0) is 54.7 Å². The predicted octanol–water partition coefficient (Wildman–Crippen LogP) is 5.12. The molecule has 0 spiro atoms. The van der Waals surface area contributed by atoms with E-state index in [0.29, 0.717) is 0 Å². The number of hydrogen-bond donors (Lipinski definition) is 1. The topological polar surface area (TPSA) is 40.5 Å². The van der Waals surface area contributed by atoms with Crippen LogP contribution in [0, 0.1) is 5.92 Å². The van der Waals surface area contributed by atoms with Gasteiger partial charge >= 0.3 is 0 Å². The summed E-state index contributed by atoms with van der Waals surface area (Å²) in [6, 6.07) is 27.4. The number of carbonyl (C=O) groups is 1. The Morgan fingerprint density at radius 1 is 0.852 bits per heavy atom. The summed E-state index contributed by atoms with van der Waals surface area (Å²) in [5, 5.41) is 9.91. The lowest BCUT2D eigenvalue weighted by atomic mass is 9.78. The van der Waals surface area contributed by atoms with Gasteiger partial charge in [-0.15, -0.1) is 0 Å². The Morgan fingerprint density at radius 2 is 1.56 bits per heavy atom. The van der Waals surface area contributed by atoms with Gasteiger partial charge in [0, 0.05) is 5.69 Å². The second kappa shape index (κ2) is 7.67. The number of phenolic OH excluding ortho intramolecular Hbond substituents is 1. The van der Waals surface area contributed by atoms with Crippen molar-refractivity contribution >= 4 is 11.6 Å². The molecule has 1 aliphatic heterocycles. The summed E-state index contributed by atoms with van der Waals surface area (Å²) in [6.45, 7) is 0. The zero-order valence-electron chi connectivity index (χ0n) is 15.2. The van der Waals surface area contributed by atoms with Gasteiger partial charge in [0.05, 0.1) is 12.0 Å². The number of aromatic hydroxyl groups is 1. The molecule has 1 fully saturated rings. The number of anilines is 1. The number of amides is 1. The molecule has 4 rings (SSSR count). The van der Waals surface area contributed by atoms with Crippen molar-refractivity contribution in [3.63, 3.8) is 0 Å². The van der Waals surface area contributed by atoms with E-state index < -0.39 is 0 Å². The standard InChI is InChI=1S/C24H23NO2/c26-21-15-8-12-19(17-21)23-22(16-7-11-18-9-3-1-4-10-18)24(27)25(23)20-13-5-2-6-14-20/h1-6,8-10,12-15,17,22-23,26H,7,11,16H2. The fraction of sp³-hybridized carbons (Fsp3) is 0.208. The molecule has 27 heavy (non-hydrogen) atoms. The van der Waals surface area contributed by atoms with Crippen molar-refractivity contribution in [2.24, 2.45) is 5.92 Å². The lowest BCUT2D eigenvalue weighted by molar-refractivity contribution is -0.130. The van der Waals surface area contributed by atoms with E-state index >= 15 is 0 Å². The van der Waals surface area contributed by atoms with Crippen LogP contribution in [0.2, 0.25) is 0 Å². The molecule has 1 aliphatic rings. The van der Waals surface area contributed by atoms with Crippen LogP contribution in [0.15, 0.2) is 84.9 Å². The highest BCUT2D eigenvalue weighted by molar-refractivity contribution is 6.03. The molecule has 0 bridgehead atoms. The average Bonchev–Trinajstić information content (AvgIpc) is 2.70. The van der Waals surface area contributed by atoms with Gasteiger partial charge < -0.3 is 10.0 Å². The predicted molar refractivity (Wildman–Crippen MR) is 108 cm³/mol. The molecule has 0 aromatic heterocycles. The minimum Gasteiger partial charge on any atom is -0.508 e. The monoisotopic (exact) mass is 357 g/mol. The van der Waals surface area contributed by atoms with Crippen LogP contribution in [-0.2, 0) is 11.2 Å². The van der Waals surface area contributed by atoms with Crippen LogP contribution in [0.25, 0.3) is 0 Å². The number of aryl methyl sites for hydroxylation is 1. The molecule has 1 heterocycles. The number of β-lactam (4-membered cyclic amide) rings is 1. The number of phenols is 1. The summed E-state index contributed by atoms with van der Waals surface area (Å²) in [5.74, 6) is 0.362. The highest BCUT2D eigenvalue weighted by Crippen LogP contribution is 2.46. The maximum absolute atomic E-state index is 12.9. The SMILES string of the molecule is O=C1C(CCCc2ccccc2)C(c2cccc(O)c2)N1c1ccccc1. The highest BCUT2D eigenvalue weighted by Gasteiger charge is 2.48. The number of rotatable bonds is 6. The molecular weight excluding hydrogens is 334 g/mol. The van der Waals surface area contributed by atoms with Crippen molar-refractivity contribution in [3.8, 4) is 5.75 Å². The van der Waals surface area contributed by atoms with Crippen LogP contribution in [0.1, 0.15) is 30.0 Å². The van der Waals surface area contributed by atoms with E-state index in [1.54, 1.807) is 12.1 Å². The maximum atomic E-state index is 12.9. The summed E-state index contributed by atoms with van der Waals surface area (Å²) in [6.07, 6.45) is 2.79. The van der Waals surface area contributed by atoms with Gasteiger partial charge in [-0.25, -0.2) is 0 Å². The molecular formula is C24H23NO2. The van der Waals surface area contributed by atoms with Crippen molar-refractivity contribution < 1.29 is 9.90 Å². The van der Waals surface area contributed by atoms with Crippen LogP contribution in [-0.4, -0.2) is 11.0 Å². The van der Waals surface area contributed by atoms with Crippen LogP contribution >= 0.6 is 0 Å². The van der Waals surface area contributed by atoms with Crippen molar-refractivity contribution in [1.29, 1.82) is 0 Å². The van der Waals surface area contributed by atoms with Crippen molar-refractivity contribution in [3.05, 3.63) is 96.1 Å². The van der Waals surface area contributed by atoms with Crippen LogP contribution < -0.4 is 4.90 Å². The fourth-order valence-electron chi connectivity index (χ4n) is 3.97. The third-order valence-electron chi connectivity index (χ3n) is 5.28. The molecule has 0 aliphatic carbocycles. The Kier molecular flexibility index (Phi) is 4.93. The molecule has 1 N–H and O–H groups in total. The van der Waals surface area contributed by atoms with E-state index in [1.807, 2.05) is 53.4 Å². The van der Waals surface area contributed by atoms with Crippen molar-refractivity contribution in [1.82, 2.24) is 0 Å². The summed E-state index contributed by atoms with van der Waals surface area (Å²) in [7, 11) is 0. The number of nitrogens with zero attached hydrogens (tertiary/aromatic N) is 1. The molecule has 1 amide bonds. The van der Waals surface area contributed by atoms with Crippen molar-refractivity contribution in [2.75, 3.05) is 4.90 Å². The summed E-state index contributed by atoms with van der Waals surface area (Å²) in [5.41, 5.74) is 3.21. The first-order chi connectivity index (χ1) is 13.2. The van der Waals surface area contributed by atoms with E-state index in [0.717, 1.165) is 30.5 Å². The smallest absolute Gasteiger partial charge is 0.233 e. The first kappa shape index (κ1) is 17.3. The zero-order valence-corrected chi connectivity index (χ0v) is 15.2. The second-order valence-electron chi connectivity index (χ2n) is 7.07. The zero-order chi connectivity index (χ0) is 18.6. The first-order valence-corrected chi connectivity index (χ1v) is 9.45. The van der Waals surface area contributed by atoms with E-state index in [2.05, 4.69) is 24.3 Å². The van der Waals surface area contributed by atoms with Gasteiger partial charge in [0.15, 0.2) is 0 Å². The normalized spacial score (nSPS) is 19.0. The lowest BCUT2D eigenvalue weighted by Gasteiger charge is -2.47. The van der Waals surface area contributed by atoms with E-state index in [1.165, 1.54) is 5.56 Å². The van der Waals surface area contributed by atoms with Crippen LogP contribution in [0.4, 0.5) is 5.69 Å². The van der Waals surface area contributed by atoms with Gasteiger partial charge in [0.2, 0.25) is 5.91 Å². The highest BCUT2D eigenvalue weighted by atomic mass is 16.3. The molecule has 2 unspecified atom stereocenters. The third kappa shape index (κ3) is 3.59. The largest absolute Gasteiger partial charge is 0.508 e. The van der Waals surface area contributed by atoms with E-state index in [4.69, 9.17) is 0 Å². The molecule has 2 atom stereocenters. The molecule has 3 heteroatoms. The molecule has 0 radical (unpaired) electrons. The summed E-state index contributed by atoms with van der Waals surface area (Å²) >= 11 is 0. The van der Waals surface area contributed by atoms with Gasteiger partial charge in [0.25, 0.3) is 0 Å². The molecule has 3 nitrogen and oxygen atoms in total. The number of benzene rings is 3. The quantitative estimate of drug-likeness (QED) is 0.622. The minimum atomic E-state index is -0.0456. The number of hydrogen-bond acceptors (Lipinski definition) is 2. The Bertz CT molecular complexity index is 908. The first-order valence-electron chi connectivity index (χ1n) is 9.45. The second-order valence-corrected chi connectivity index (χ2v) is 7.07. The number of para-hydroxylation sites is 1. The average molecular weight is 357 g/mol. The van der Waals surface area contributed by atoms with Crippen LogP contribution in [0.5, 0.6) is 5.75 Å². The Morgan fingerprint density at radius 3 is 2.26 bits per heavy atom. The van der Waals surface area contributed by atoms with E-state index in [9.17, 15) is 9.90 Å². The Labute approximate surface area is 159 Å². The molecule has 3 aromatic rings. The summed E-state index contributed by atoms with van der Waals surface area (Å²) in [4.78, 5) is 14.8. The maximum Gasteiger partial charge on any atom is 0.233 e. The molecule has 3 aromatic carbocycles. The number of carbonyl (C=O) groups excluding carboxylic acids is 1. The lowest BCUT2D eigenvalue weighted by Crippen LogP contribution is -2.55. The molecule has 1 saturated heterocycles. The summed E-state index contributed by atoms with van der Waals surface area (Å²) < 4.78 is 0.